The van der Waals surface area contributed by atoms with Crippen LogP contribution in [0, 0.1) is 0 Å². The van der Waals surface area contributed by atoms with Crippen molar-refractivity contribution >= 4 is 5.91 Å². The molecule has 78 valence electrons. The van der Waals surface area contributed by atoms with E-state index in [2.05, 4.69) is 5.32 Å². The number of amides is 1. The van der Waals surface area contributed by atoms with E-state index >= 15 is 0 Å². The Kier molecular flexibility index (Phi) is 6.48. The van der Waals surface area contributed by atoms with Crippen LogP contribution in [0.3, 0.4) is 0 Å². The average molecular weight is 190 g/mol. The van der Waals surface area contributed by atoms with Gasteiger partial charge in [0.2, 0.25) is 5.91 Å². The first-order valence-corrected chi connectivity index (χ1v) is 4.27. The zero-order valence-corrected chi connectivity index (χ0v) is 8.16. The van der Waals surface area contributed by atoms with Crippen molar-refractivity contribution in [3.05, 3.63) is 0 Å². The lowest BCUT2D eigenvalue weighted by atomic mass is 10.3. The van der Waals surface area contributed by atoms with Gasteiger partial charge in [-0.3, -0.25) is 4.79 Å². The normalized spacial score (nSPS) is 12.6. The van der Waals surface area contributed by atoms with E-state index in [1.54, 1.807) is 14.1 Å². The monoisotopic (exact) mass is 190 g/mol. The van der Waals surface area contributed by atoms with Gasteiger partial charge in [0.15, 0.2) is 0 Å². The molecule has 1 atom stereocenters. The molecule has 0 aliphatic heterocycles. The van der Waals surface area contributed by atoms with Gasteiger partial charge in [-0.1, -0.05) is 0 Å². The van der Waals surface area contributed by atoms with Gasteiger partial charge in [0.05, 0.1) is 12.7 Å². The van der Waals surface area contributed by atoms with Gasteiger partial charge in [-0.15, -0.1) is 0 Å². The Morgan fingerprint density at radius 3 is 2.62 bits per heavy atom. The van der Waals surface area contributed by atoms with Gasteiger partial charge in [-0.2, -0.15) is 0 Å². The second kappa shape index (κ2) is 6.82. The van der Waals surface area contributed by atoms with Crippen LogP contribution in [-0.2, 0) is 4.79 Å². The van der Waals surface area contributed by atoms with Crippen molar-refractivity contribution in [2.45, 2.75) is 12.5 Å². The first-order chi connectivity index (χ1) is 6.07. The molecule has 0 aliphatic carbocycles. The Bertz CT molecular complexity index is 150. The standard InChI is InChI=1S/C8H18N2O3/c1-10(2)8(13)3-4-9-5-7(12)6-11/h7,9,11-12H,3-6H2,1-2H3/t7-/m0/s1. The number of carbonyl (C=O) groups is 1. The molecule has 0 saturated heterocycles. The van der Waals surface area contributed by atoms with Crippen LogP contribution in [0.1, 0.15) is 6.42 Å². The first kappa shape index (κ1) is 12.3. The highest BCUT2D eigenvalue weighted by molar-refractivity contribution is 5.75. The third-order valence-corrected chi connectivity index (χ3v) is 1.61. The second-order valence-electron chi connectivity index (χ2n) is 3.08. The predicted molar refractivity (Wildman–Crippen MR) is 49.3 cm³/mol. The number of hydrogen-bond donors (Lipinski definition) is 3. The molecule has 5 heteroatoms. The van der Waals surface area contributed by atoms with Crippen LogP contribution in [0.4, 0.5) is 0 Å². The van der Waals surface area contributed by atoms with E-state index in [-0.39, 0.29) is 12.5 Å². The van der Waals surface area contributed by atoms with Crippen molar-refractivity contribution in [1.82, 2.24) is 10.2 Å². The summed E-state index contributed by atoms with van der Waals surface area (Å²) in [6.45, 7) is 0.583. The highest BCUT2D eigenvalue weighted by atomic mass is 16.3. The number of nitrogens with zero attached hydrogens (tertiary/aromatic N) is 1. The summed E-state index contributed by atoms with van der Waals surface area (Å²) in [5.74, 6) is 0.0472. The summed E-state index contributed by atoms with van der Waals surface area (Å²) in [6.07, 6.45) is -0.333. The molecule has 0 radical (unpaired) electrons. The summed E-state index contributed by atoms with van der Waals surface area (Å²) in [4.78, 5) is 12.5. The third kappa shape index (κ3) is 6.51. The van der Waals surface area contributed by atoms with Crippen LogP contribution >= 0.6 is 0 Å². The molecule has 0 heterocycles. The molecule has 0 aromatic carbocycles. The molecule has 0 unspecified atom stereocenters. The fourth-order valence-corrected chi connectivity index (χ4v) is 0.752. The summed E-state index contributed by atoms with van der Waals surface area (Å²) in [5, 5.41) is 20.3. The molecule has 0 bridgehead atoms. The number of nitrogens with one attached hydrogen (secondary N) is 1. The van der Waals surface area contributed by atoms with E-state index in [4.69, 9.17) is 10.2 Å². The second-order valence-corrected chi connectivity index (χ2v) is 3.08. The first-order valence-electron chi connectivity index (χ1n) is 4.27. The Morgan fingerprint density at radius 1 is 1.54 bits per heavy atom. The lowest BCUT2D eigenvalue weighted by Crippen LogP contribution is -2.32. The molecular formula is C8H18N2O3. The van der Waals surface area contributed by atoms with Gasteiger partial charge in [0, 0.05) is 33.6 Å². The van der Waals surface area contributed by atoms with E-state index in [1.165, 1.54) is 4.90 Å². The molecule has 0 aliphatic rings. The maximum absolute atomic E-state index is 11.0. The van der Waals surface area contributed by atoms with Gasteiger partial charge >= 0.3 is 0 Å². The van der Waals surface area contributed by atoms with E-state index in [0.29, 0.717) is 19.5 Å². The summed E-state index contributed by atoms with van der Waals surface area (Å²) < 4.78 is 0. The molecular weight excluding hydrogens is 172 g/mol. The van der Waals surface area contributed by atoms with Gasteiger partial charge < -0.3 is 20.4 Å². The molecule has 0 aromatic heterocycles. The van der Waals surface area contributed by atoms with Crippen LogP contribution in [0.25, 0.3) is 0 Å². The number of aliphatic hydroxyl groups is 2. The Labute approximate surface area is 78.4 Å². The number of rotatable bonds is 6. The van der Waals surface area contributed by atoms with Gasteiger partial charge in [-0.05, 0) is 0 Å². The van der Waals surface area contributed by atoms with Crippen LogP contribution in [-0.4, -0.2) is 60.9 Å². The number of hydrogen-bond acceptors (Lipinski definition) is 4. The number of aliphatic hydroxyl groups excluding tert-OH is 2. The van der Waals surface area contributed by atoms with E-state index in [9.17, 15) is 4.79 Å². The lowest BCUT2D eigenvalue weighted by Gasteiger charge is -2.11. The molecule has 0 aromatic rings. The van der Waals surface area contributed by atoms with Crippen molar-refractivity contribution in [1.29, 1.82) is 0 Å². The quantitative estimate of drug-likeness (QED) is 0.441. The molecule has 3 N–H and O–H groups in total. The van der Waals surface area contributed by atoms with Gasteiger partial charge in [0.25, 0.3) is 0 Å². The minimum atomic E-state index is -0.741. The Morgan fingerprint density at radius 2 is 2.15 bits per heavy atom. The van der Waals surface area contributed by atoms with Crippen LogP contribution in [0.5, 0.6) is 0 Å². The molecule has 13 heavy (non-hydrogen) atoms. The third-order valence-electron chi connectivity index (χ3n) is 1.61. The van der Waals surface area contributed by atoms with E-state index in [1.807, 2.05) is 0 Å². The van der Waals surface area contributed by atoms with Gasteiger partial charge in [0.1, 0.15) is 0 Å². The zero-order chi connectivity index (χ0) is 10.3. The molecule has 0 saturated carbocycles. The molecule has 0 fully saturated rings. The summed E-state index contributed by atoms with van der Waals surface area (Å²) in [6, 6.07) is 0. The SMILES string of the molecule is CN(C)C(=O)CCNC[C@H](O)CO. The molecule has 0 spiro atoms. The highest BCUT2D eigenvalue weighted by Gasteiger charge is 2.04. The van der Waals surface area contributed by atoms with Crippen molar-refractivity contribution in [3.8, 4) is 0 Å². The van der Waals surface area contributed by atoms with Crippen LogP contribution in [0.2, 0.25) is 0 Å². The Balaban J connectivity index is 3.31. The molecule has 5 nitrogen and oxygen atoms in total. The fourth-order valence-electron chi connectivity index (χ4n) is 0.752. The maximum atomic E-state index is 11.0. The smallest absolute Gasteiger partial charge is 0.223 e. The largest absolute Gasteiger partial charge is 0.394 e. The number of carbonyl (C=O) groups excluding carboxylic acids is 1. The van der Waals surface area contributed by atoms with Crippen LogP contribution in [0.15, 0.2) is 0 Å². The average Bonchev–Trinajstić information content (AvgIpc) is 2.11. The summed E-state index contributed by atoms with van der Waals surface area (Å²) >= 11 is 0. The summed E-state index contributed by atoms with van der Waals surface area (Å²) in [5.41, 5.74) is 0. The lowest BCUT2D eigenvalue weighted by molar-refractivity contribution is -0.128. The molecule has 0 rings (SSSR count). The summed E-state index contributed by atoms with van der Waals surface area (Å²) in [7, 11) is 3.40. The Hall–Kier alpha value is -0.650. The van der Waals surface area contributed by atoms with Crippen molar-refractivity contribution in [3.63, 3.8) is 0 Å². The minimum Gasteiger partial charge on any atom is -0.394 e. The van der Waals surface area contributed by atoms with Gasteiger partial charge in [-0.25, -0.2) is 0 Å². The van der Waals surface area contributed by atoms with Crippen molar-refractivity contribution < 1.29 is 15.0 Å². The molecule has 1 amide bonds. The fraction of sp³-hybridized carbons (Fsp3) is 0.875. The van der Waals surface area contributed by atoms with Crippen LogP contribution < -0.4 is 5.32 Å². The van der Waals surface area contributed by atoms with Crippen molar-refractivity contribution in [2.24, 2.45) is 0 Å². The van der Waals surface area contributed by atoms with Crippen molar-refractivity contribution in [2.75, 3.05) is 33.8 Å². The van der Waals surface area contributed by atoms with E-state index in [0.717, 1.165) is 0 Å². The highest BCUT2D eigenvalue weighted by Crippen LogP contribution is 1.85. The zero-order valence-electron chi connectivity index (χ0n) is 8.16. The predicted octanol–water partition coefficient (Wildman–Crippen LogP) is -1.59. The maximum Gasteiger partial charge on any atom is 0.223 e. The topological polar surface area (TPSA) is 72.8 Å². The minimum absolute atomic E-state index is 0.0472. The van der Waals surface area contributed by atoms with E-state index < -0.39 is 6.10 Å².